The van der Waals surface area contributed by atoms with Crippen LogP contribution < -0.4 is 20.4 Å². The van der Waals surface area contributed by atoms with Crippen molar-refractivity contribution in [2.24, 2.45) is 4.99 Å². The summed E-state index contributed by atoms with van der Waals surface area (Å²) < 4.78 is 25.8. The van der Waals surface area contributed by atoms with Gasteiger partial charge in [-0.15, -0.1) is 21.5 Å². The lowest BCUT2D eigenvalue weighted by atomic mass is 9.96. The number of rotatable bonds is 13. The molecule has 0 unspecified atom stereocenters. The predicted molar refractivity (Wildman–Crippen MR) is 272 cm³/mol. The summed E-state index contributed by atoms with van der Waals surface area (Å²) in [6, 6.07) is 19.4. The first kappa shape index (κ1) is 47.4. The number of carbonyl (C=O) groups is 1. The van der Waals surface area contributed by atoms with Crippen LogP contribution in [0.5, 0.6) is 5.75 Å². The molecule has 1 amide bonds. The number of phenols is 1. The average Bonchev–Trinajstić information content (AvgIpc) is 3.77. The summed E-state index contributed by atoms with van der Waals surface area (Å²) >= 11 is 14.9. The van der Waals surface area contributed by atoms with Crippen molar-refractivity contribution in [3.8, 4) is 21.9 Å². The zero-order valence-corrected chi connectivity index (χ0v) is 41.8. The molecule has 1 atom stereocenters. The third-order valence-electron chi connectivity index (χ3n) is 12.8. The minimum atomic E-state index is -0.710. The van der Waals surface area contributed by atoms with E-state index < -0.39 is 23.0 Å². The predicted octanol–water partition coefficient (Wildman–Crippen LogP) is 10.1. The summed E-state index contributed by atoms with van der Waals surface area (Å²) in [5.74, 6) is 1.50. The molecule has 9 rings (SSSR count). The van der Waals surface area contributed by atoms with Gasteiger partial charge in [-0.05, 0) is 107 Å². The monoisotopic (exact) mass is 976 g/mol. The highest BCUT2D eigenvalue weighted by atomic mass is 35.5. The quantitative estimate of drug-likeness (QED) is 0.102. The number of nitrogens with zero attached hydrogens (tertiary/aromatic N) is 8. The van der Waals surface area contributed by atoms with E-state index in [9.17, 15) is 9.90 Å². The van der Waals surface area contributed by atoms with Crippen LogP contribution in [-0.4, -0.2) is 99.0 Å². The first-order valence-electron chi connectivity index (χ1n) is 22.8. The van der Waals surface area contributed by atoms with Gasteiger partial charge in [-0.3, -0.25) is 14.4 Å². The summed E-state index contributed by atoms with van der Waals surface area (Å²) in [5.41, 5.74) is 3.23. The largest absolute Gasteiger partial charge is 0.508 e. The van der Waals surface area contributed by atoms with Gasteiger partial charge in [0.1, 0.15) is 34.0 Å². The molecule has 68 heavy (non-hydrogen) atoms. The van der Waals surface area contributed by atoms with Gasteiger partial charge in [0.2, 0.25) is 11.9 Å². The number of benzene rings is 4. The second kappa shape index (κ2) is 18.7. The van der Waals surface area contributed by atoms with E-state index in [0.29, 0.717) is 66.2 Å². The summed E-state index contributed by atoms with van der Waals surface area (Å²) in [4.78, 5) is 34.4. The van der Waals surface area contributed by atoms with E-state index in [-0.39, 0.29) is 34.2 Å². The van der Waals surface area contributed by atoms with Gasteiger partial charge in [-0.25, -0.2) is 9.37 Å². The van der Waals surface area contributed by atoms with Gasteiger partial charge in [0, 0.05) is 83.9 Å². The maximum absolute atomic E-state index is 17.2. The van der Waals surface area contributed by atoms with Gasteiger partial charge in [0.25, 0.3) is 0 Å². The molecule has 13 nitrogen and oxygen atoms in total. The van der Waals surface area contributed by atoms with Gasteiger partial charge in [0.15, 0.2) is 11.6 Å². The molecule has 17 heteroatoms. The highest BCUT2D eigenvalue weighted by molar-refractivity contribution is 7.15. The van der Waals surface area contributed by atoms with Gasteiger partial charge in [-0.1, -0.05) is 59.6 Å². The molecule has 7 aromatic rings. The number of hydrogen-bond donors (Lipinski definition) is 3. The Morgan fingerprint density at radius 3 is 2.47 bits per heavy atom. The highest BCUT2D eigenvalue weighted by Gasteiger charge is 2.34. The molecule has 5 heterocycles. The molecule has 3 aromatic heterocycles. The lowest BCUT2D eigenvalue weighted by Crippen LogP contribution is -2.46. The number of halogens is 3. The average molecular weight is 978 g/mol. The minimum Gasteiger partial charge on any atom is -0.508 e. The molecule has 0 aliphatic carbocycles. The number of aromatic nitrogens is 5. The molecule has 2 aliphatic heterocycles. The standard InChI is InChI=1S/C51H55Cl2FN10O3S/c1-28-29(2)68-48-41(28)44(31-13-15-33(52)16-14-31)56-39(47-61-60-30(3)64(47)48)26-40(66)59-50(4,5)17-22-67-51(6,7)27-62(8)49-57-45-37(46(58-49)63-20-18-55-19-21-63)25-38(53)42(43(45)54)36-24-34(65)23-32-11-9-10-12-35(32)36/h9-16,23-25,39,55,65H,17-22,26-27H2,1-8H3,(H,59,66)/t39-/m0/s1. The molecule has 4 aromatic carbocycles. The fourth-order valence-electron chi connectivity index (χ4n) is 9.27. The molecular weight excluding hydrogens is 923 g/mol. The van der Waals surface area contributed by atoms with Crippen molar-refractivity contribution in [2.75, 3.05) is 56.2 Å². The van der Waals surface area contributed by atoms with E-state index in [1.165, 1.54) is 10.9 Å². The van der Waals surface area contributed by atoms with Crippen LogP contribution in [0, 0.1) is 26.6 Å². The number of anilines is 2. The Morgan fingerprint density at radius 2 is 1.72 bits per heavy atom. The Labute approximate surface area is 409 Å². The van der Waals surface area contributed by atoms with E-state index in [1.807, 2.05) is 99.7 Å². The van der Waals surface area contributed by atoms with Crippen molar-refractivity contribution in [3.63, 3.8) is 0 Å². The molecular formula is C51H55Cl2FN10O3S. The molecule has 1 saturated heterocycles. The summed E-state index contributed by atoms with van der Waals surface area (Å²) in [6.45, 7) is 17.6. The van der Waals surface area contributed by atoms with Crippen LogP contribution in [0.25, 0.3) is 37.8 Å². The van der Waals surface area contributed by atoms with Gasteiger partial charge < -0.3 is 30.3 Å². The number of phenolic OH excluding ortho intramolecular Hbond substituents is 1. The zero-order chi connectivity index (χ0) is 48.2. The van der Waals surface area contributed by atoms with Crippen molar-refractivity contribution in [1.29, 1.82) is 0 Å². The van der Waals surface area contributed by atoms with E-state index in [2.05, 4.69) is 39.6 Å². The molecule has 3 N–H and O–H groups in total. The summed E-state index contributed by atoms with van der Waals surface area (Å²) in [5, 5.41) is 30.1. The number of ether oxygens (including phenoxy) is 1. The van der Waals surface area contributed by atoms with Crippen molar-refractivity contribution >= 4 is 79.6 Å². The van der Waals surface area contributed by atoms with E-state index in [1.54, 1.807) is 23.5 Å². The fourth-order valence-corrected chi connectivity index (χ4v) is 10.9. The number of thiophene rings is 1. The van der Waals surface area contributed by atoms with Crippen LogP contribution >= 0.6 is 34.5 Å². The topological polar surface area (TPSA) is 146 Å². The van der Waals surface area contributed by atoms with Crippen LogP contribution in [-0.2, 0) is 9.53 Å². The Hall–Kier alpha value is -5.71. The second-order valence-electron chi connectivity index (χ2n) is 19.0. The van der Waals surface area contributed by atoms with E-state index >= 15 is 4.39 Å². The highest BCUT2D eigenvalue weighted by Crippen LogP contribution is 2.43. The van der Waals surface area contributed by atoms with Crippen LogP contribution in [0.1, 0.15) is 79.8 Å². The normalized spacial score (nSPS) is 15.3. The first-order valence-corrected chi connectivity index (χ1v) is 24.4. The van der Waals surface area contributed by atoms with Crippen LogP contribution in [0.15, 0.2) is 71.7 Å². The number of aromatic hydroxyl groups is 1. The van der Waals surface area contributed by atoms with Crippen molar-refractivity contribution in [3.05, 3.63) is 116 Å². The van der Waals surface area contributed by atoms with Crippen LogP contribution in [0.4, 0.5) is 16.2 Å². The molecule has 0 spiro atoms. The third-order valence-corrected chi connectivity index (χ3v) is 14.5. The molecule has 0 bridgehead atoms. The van der Waals surface area contributed by atoms with Gasteiger partial charge in [0.05, 0.1) is 22.8 Å². The molecule has 0 radical (unpaired) electrons. The smallest absolute Gasteiger partial charge is 0.227 e. The molecule has 2 aliphatic rings. The number of carbonyl (C=O) groups excluding carboxylic acids is 1. The van der Waals surface area contributed by atoms with Gasteiger partial charge in [-0.2, -0.15) is 4.98 Å². The fraction of sp³-hybridized carbons (Fsp3) is 0.373. The van der Waals surface area contributed by atoms with E-state index in [0.717, 1.165) is 57.1 Å². The van der Waals surface area contributed by atoms with Crippen molar-refractivity contribution in [1.82, 2.24) is 35.4 Å². The number of amides is 1. The number of nitrogens with one attached hydrogen (secondary N) is 2. The Morgan fingerprint density at radius 1 is 0.985 bits per heavy atom. The second-order valence-corrected chi connectivity index (χ2v) is 21.0. The number of aliphatic imine (C=N–C) groups is 1. The number of hydrogen-bond acceptors (Lipinski definition) is 12. The summed E-state index contributed by atoms with van der Waals surface area (Å²) in [7, 11) is 1.87. The summed E-state index contributed by atoms with van der Waals surface area (Å²) in [6.07, 6.45) is 0.572. The number of fused-ring (bicyclic) bond motifs is 5. The van der Waals surface area contributed by atoms with Crippen LogP contribution in [0.2, 0.25) is 10.0 Å². The maximum Gasteiger partial charge on any atom is 0.227 e. The zero-order valence-electron chi connectivity index (χ0n) is 39.5. The minimum absolute atomic E-state index is 0.00448. The molecule has 354 valence electrons. The first-order chi connectivity index (χ1) is 32.4. The maximum atomic E-state index is 17.2. The lowest BCUT2D eigenvalue weighted by molar-refractivity contribution is -0.123. The van der Waals surface area contributed by atoms with Crippen molar-refractivity contribution in [2.45, 2.75) is 78.5 Å². The molecule has 1 fully saturated rings. The Balaban J connectivity index is 0.919. The van der Waals surface area contributed by atoms with Crippen molar-refractivity contribution < 1.29 is 19.0 Å². The number of likely N-dealkylation sites (N-methyl/N-ethyl adjacent to an activating group) is 1. The SMILES string of the molecule is Cc1sc2c(c1C)C(c1ccc(Cl)cc1)=N[C@@H](CC(=O)NC(C)(C)CCOC(C)(C)CN(C)c1nc(N3CCNCC3)c3cc(Cl)c(-c4cc(O)cc5ccccc45)c(F)c3n1)c1nnc(C)n1-2. The third kappa shape index (κ3) is 9.38. The molecule has 0 saturated carbocycles. The number of piperazine rings is 1. The van der Waals surface area contributed by atoms with Crippen LogP contribution in [0.3, 0.4) is 0 Å². The Bertz CT molecular complexity index is 3110. The van der Waals surface area contributed by atoms with E-state index in [4.69, 9.17) is 42.9 Å². The number of aryl methyl sites for hydroxylation is 2. The lowest BCUT2D eigenvalue weighted by Gasteiger charge is -2.34. The Kier molecular flexibility index (Phi) is 13.0. The van der Waals surface area contributed by atoms with Gasteiger partial charge >= 0.3 is 0 Å².